The molecule has 2 rings (SSSR count). The van der Waals surface area contributed by atoms with Gasteiger partial charge >= 0.3 is 0 Å². The van der Waals surface area contributed by atoms with Crippen LogP contribution in [0.5, 0.6) is 0 Å². The van der Waals surface area contributed by atoms with Crippen LogP contribution in [0.4, 0.5) is 10.1 Å². The highest BCUT2D eigenvalue weighted by atomic mass is 19.1. The Morgan fingerprint density at radius 3 is 2.86 bits per heavy atom. The average Bonchev–Trinajstić information content (AvgIpc) is 2.20. The maximum atomic E-state index is 13.3. The largest absolute Gasteiger partial charge is 0.387 e. The molecule has 0 unspecified atom stereocenters. The number of fused-ring (bicyclic) bond motifs is 1. The third kappa shape index (κ3) is 1.21. The molecular formula is C11H11FN2. The standard InChI is InChI=1S/C11H11FN2/c1-7-8-4-3-5-9(12)11(8)14-6-10(7)13-2/h3-6,13H,1-2H3. The molecular weight excluding hydrogens is 179 g/mol. The summed E-state index contributed by atoms with van der Waals surface area (Å²) >= 11 is 0. The predicted octanol–water partition coefficient (Wildman–Crippen LogP) is 2.72. The Kier molecular flexibility index (Phi) is 2.08. The highest BCUT2D eigenvalue weighted by Gasteiger charge is 2.06. The van der Waals surface area contributed by atoms with Crippen molar-refractivity contribution in [1.29, 1.82) is 0 Å². The summed E-state index contributed by atoms with van der Waals surface area (Å²) in [5.74, 6) is -0.270. The van der Waals surface area contributed by atoms with Gasteiger partial charge < -0.3 is 5.32 Å². The fourth-order valence-corrected chi connectivity index (χ4v) is 1.57. The van der Waals surface area contributed by atoms with E-state index in [9.17, 15) is 4.39 Å². The van der Waals surface area contributed by atoms with E-state index in [0.29, 0.717) is 5.52 Å². The highest BCUT2D eigenvalue weighted by Crippen LogP contribution is 2.24. The van der Waals surface area contributed by atoms with Crippen molar-refractivity contribution in [2.45, 2.75) is 6.92 Å². The highest BCUT2D eigenvalue weighted by molar-refractivity contribution is 5.86. The Balaban J connectivity index is 2.84. The molecule has 1 aromatic carbocycles. The summed E-state index contributed by atoms with van der Waals surface area (Å²) < 4.78 is 13.3. The second kappa shape index (κ2) is 3.25. The molecule has 0 aliphatic rings. The van der Waals surface area contributed by atoms with Crippen molar-refractivity contribution in [3.63, 3.8) is 0 Å². The molecule has 0 radical (unpaired) electrons. The lowest BCUT2D eigenvalue weighted by Crippen LogP contribution is -1.95. The van der Waals surface area contributed by atoms with Crippen molar-refractivity contribution < 1.29 is 4.39 Å². The number of para-hydroxylation sites is 1. The molecule has 0 amide bonds. The molecule has 72 valence electrons. The second-order valence-corrected chi connectivity index (χ2v) is 3.18. The molecule has 2 aromatic rings. The van der Waals surface area contributed by atoms with Crippen LogP contribution in [0.1, 0.15) is 5.56 Å². The van der Waals surface area contributed by atoms with Crippen molar-refractivity contribution in [2.75, 3.05) is 12.4 Å². The van der Waals surface area contributed by atoms with Crippen molar-refractivity contribution in [3.8, 4) is 0 Å². The van der Waals surface area contributed by atoms with Crippen LogP contribution < -0.4 is 5.32 Å². The smallest absolute Gasteiger partial charge is 0.149 e. The van der Waals surface area contributed by atoms with Gasteiger partial charge in [-0.05, 0) is 18.6 Å². The molecule has 0 saturated carbocycles. The van der Waals surface area contributed by atoms with Gasteiger partial charge in [0.05, 0.1) is 11.9 Å². The first-order valence-corrected chi connectivity index (χ1v) is 4.45. The third-order valence-corrected chi connectivity index (χ3v) is 2.39. The fraction of sp³-hybridized carbons (Fsp3) is 0.182. The van der Waals surface area contributed by atoms with E-state index in [1.165, 1.54) is 6.07 Å². The number of halogens is 1. The minimum absolute atomic E-state index is 0.270. The Hall–Kier alpha value is -1.64. The van der Waals surface area contributed by atoms with Gasteiger partial charge in [0.15, 0.2) is 0 Å². The molecule has 1 N–H and O–H groups in total. The van der Waals surface area contributed by atoms with E-state index in [4.69, 9.17) is 0 Å². The zero-order valence-corrected chi connectivity index (χ0v) is 8.13. The number of pyridine rings is 1. The van der Waals surface area contributed by atoms with Crippen LogP contribution in [0.2, 0.25) is 0 Å². The van der Waals surface area contributed by atoms with Gasteiger partial charge in [0.1, 0.15) is 11.3 Å². The number of nitrogens with zero attached hydrogens (tertiary/aromatic N) is 1. The zero-order valence-electron chi connectivity index (χ0n) is 8.13. The summed E-state index contributed by atoms with van der Waals surface area (Å²) in [7, 11) is 1.83. The summed E-state index contributed by atoms with van der Waals surface area (Å²) in [6.45, 7) is 1.95. The number of nitrogens with one attached hydrogen (secondary N) is 1. The lowest BCUT2D eigenvalue weighted by molar-refractivity contribution is 0.637. The number of hydrogen-bond acceptors (Lipinski definition) is 2. The quantitative estimate of drug-likeness (QED) is 0.747. The predicted molar refractivity (Wildman–Crippen MR) is 56.0 cm³/mol. The minimum Gasteiger partial charge on any atom is -0.387 e. The molecule has 0 fully saturated rings. The molecule has 0 bridgehead atoms. The third-order valence-electron chi connectivity index (χ3n) is 2.39. The second-order valence-electron chi connectivity index (χ2n) is 3.18. The van der Waals surface area contributed by atoms with Crippen LogP contribution in [0.15, 0.2) is 24.4 Å². The van der Waals surface area contributed by atoms with Gasteiger partial charge in [-0.25, -0.2) is 4.39 Å². The van der Waals surface area contributed by atoms with Crippen molar-refractivity contribution in [2.24, 2.45) is 0 Å². The van der Waals surface area contributed by atoms with E-state index in [2.05, 4.69) is 10.3 Å². The molecule has 0 aliphatic heterocycles. The van der Waals surface area contributed by atoms with Gasteiger partial charge in [-0.1, -0.05) is 12.1 Å². The minimum atomic E-state index is -0.270. The lowest BCUT2D eigenvalue weighted by atomic mass is 10.1. The first-order valence-electron chi connectivity index (χ1n) is 4.45. The Morgan fingerprint density at radius 2 is 2.14 bits per heavy atom. The normalized spacial score (nSPS) is 10.5. The van der Waals surface area contributed by atoms with Gasteiger partial charge in [0, 0.05) is 12.4 Å². The number of aryl methyl sites for hydroxylation is 1. The van der Waals surface area contributed by atoms with Crippen LogP contribution >= 0.6 is 0 Å². The molecule has 0 atom stereocenters. The molecule has 0 saturated heterocycles. The molecule has 1 aromatic heterocycles. The number of benzene rings is 1. The van der Waals surface area contributed by atoms with Crippen LogP contribution in [0.25, 0.3) is 10.9 Å². The average molecular weight is 190 g/mol. The molecule has 2 nitrogen and oxygen atoms in total. The molecule has 14 heavy (non-hydrogen) atoms. The zero-order chi connectivity index (χ0) is 10.1. The van der Waals surface area contributed by atoms with Crippen molar-refractivity contribution in [1.82, 2.24) is 4.98 Å². The van der Waals surface area contributed by atoms with E-state index < -0.39 is 0 Å². The Morgan fingerprint density at radius 1 is 1.36 bits per heavy atom. The van der Waals surface area contributed by atoms with Gasteiger partial charge in [-0.2, -0.15) is 0 Å². The summed E-state index contributed by atoms with van der Waals surface area (Å²) in [5.41, 5.74) is 2.39. The Labute approximate surface area is 81.8 Å². The first kappa shape index (κ1) is 8.94. The monoisotopic (exact) mass is 190 g/mol. The molecule has 0 spiro atoms. The molecule has 0 aliphatic carbocycles. The Bertz CT molecular complexity index is 480. The van der Waals surface area contributed by atoms with Crippen molar-refractivity contribution >= 4 is 16.6 Å². The van der Waals surface area contributed by atoms with E-state index in [0.717, 1.165) is 16.6 Å². The number of hydrogen-bond donors (Lipinski definition) is 1. The molecule has 1 heterocycles. The SMILES string of the molecule is CNc1cnc2c(F)cccc2c1C. The summed E-state index contributed by atoms with van der Waals surface area (Å²) in [5, 5.41) is 3.88. The maximum absolute atomic E-state index is 13.3. The van der Waals surface area contributed by atoms with E-state index in [-0.39, 0.29) is 5.82 Å². The lowest BCUT2D eigenvalue weighted by Gasteiger charge is -2.07. The molecule has 3 heteroatoms. The van der Waals surface area contributed by atoms with Gasteiger partial charge in [-0.15, -0.1) is 0 Å². The van der Waals surface area contributed by atoms with Crippen LogP contribution in [-0.4, -0.2) is 12.0 Å². The van der Waals surface area contributed by atoms with Gasteiger partial charge in [0.25, 0.3) is 0 Å². The number of aromatic nitrogens is 1. The fourth-order valence-electron chi connectivity index (χ4n) is 1.57. The van der Waals surface area contributed by atoms with Crippen LogP contribution in [0, 0.1) is 12.7 Å². The van der Waals surface area contributed by atoms with E-state index in [1.54, 1.807) is 12.3 Å². The van der Waals surface area contributed by atoms with Crippen LogP contribution in [-0.2, 0) is 0 Å². The van der Waals surface area contributed by atoms with Crippen LogP contribution in [0.3, 0.4) is 0 Å². The number of anilines is 1. The summed E-state index contributed by atoms with van der Waals surface area (Å²) in [6.07, 6.45) is 1.65. The topological polar surface area (TPSA) is 24.9 Å². The van der Waals surface area contributed by atoms with E-state index >= 15 is 0 Å². The first-order chi connectivity index (χ1) is 6.74. The summed E-state index contributed by atoms with van der Waals surface area (Å²) in [4.78, 5) is 4.07. The maximum Gasteiger partial charge on any atom is 0.149 e. The number of rotatable bonds is 1. The van der Waals surface area contributed by atoms with Crippen molar-refractivity contribution in [3.05, 3.63) is 35.8 Å². The van der Waals surface area contributed by atoms with E-state index in [1.807, 2.05) is 20.0 Å². The van der Waals surface area contributed by atoms with Gasteiger partial charge in [0.2, 0.25) is 0 Å². The van der Waals surface area contributed by atoms with Gasteiger partial charge in [-0.3, -0.25) is 4.98 Å². The summed E-state index contributed by atoms with van der Waals surface area (Å²) in [6, 6.07) is 5.00.